The van der Waals surface area contributed by atoms with Gasteiger partial charge in [0.25, 0.3) is 11.8 Å². The number of nitrogens with zero attached hydrogens (tertiary/aromatic N) is 3. The van der Waals surface area contributed by atoms with Gasteiger partial charge in [-0.3, -0.25) is 14.4 Å². The summed E-state index contributed by atoms with van der Waals surface area (Å²) in [7, 11) is 0. The van der Waals surface area contributed by atoms with Crippen LogP contribution < -0.4 is 10.6 Å². The molecule has 1 aliphatic heterocycles. The number of hydrogen-bond acceptors (Lipinski definition) is 5. The number of anilines is 1. The smallest absolute Gasteiger partial charge is 0.273 e. The van der Waals surface area contributed by atoms with E-state index >= 15 is 0 Å². The number of nitrogens with one attached hydrogen (secondary N) is 2. The summed E-state index contributed by atoms with van der Waals surface area (Å²) in [6.07, 6.45) is 4.56. The molecule has 1 aliphatic rings. The molecule has 3 rings (SSSR count). The lowest BCUT2D eigenvalue weighted by atomic mass is 10.0. The van der Waals surface area contributed by atoms with Crippen molar-refractivity contribution >= 4 is 23.5 Å². The Labute approximate surface area is 180 Å². The van der Waals surface area contributed by atoms with Crippen LogP contribution >= 0.6 is 0 Å². The standard InChI is InChI=1S/C22H26FN5O3/c1-14(2)13-18(29)28-11-7-17(8-12-28)26-22(31)19-20(25-10-9-24-19)27-21(30)15-3-5-16(23)6-4-15/h3-6,9-10,14,17H,7-8,11-13H2,1-2H3,(H,26,31)(H,25,27,30). The van der Waals surface area contributed by atoms with Gasteiger partial charge in [-0.05, 0) is 43.0 Å². The van der Waals surface area contributed by atoms with Gasteiger partial charge in [0.2, 0.25) is 5.91 Å². The molecule has 2 heterocycles. The SMILES string of the molecule is CC(C)CC(=O)N1CCC(NC(=O)c2nccnc2NC(=O)c2ccc(F)cc2)CC1. The van der Waals surface area contributed by atoms with Gasteiger partial charge in [-0.15, -0.1) is 0 Å². The zero-order valence-electron chi connectivity index (χ0n) is 17.6. The number of piperidine rings is 1. The second kappa shape index (κ2) is 10.1. The zero-order chi connectivity index (χ0) is 22.4. The number of aromatic nitrogens is 2. The summed E-state index contributed by atoms with van der Waals surface area (Å²) in [5.41, 5.74) is 0.230. The Morgan fingerprint density at radius 1 is 1.06 bits per heavy atom. The van der Waals surface area contributed by atoms with Crippen LogP contribution in [0.15, 0.2) is 36.7 Å². The van der Waals surface area contributed by atoms with Crippen LogP contribution in [0, 0.1) is 11.7 Å². The summed E-state index contributed by atoms with van der Waals surface area (Å²) in [4.78, 5) is 47.3. The minimum atomic E-state index is -0.522. The van der Waals surface area contributed by atoms with Gasteiger partial charge in [0.15, 0.2) is 11.5 Å². The number of likely N-dealkylation sites (tertiary alicyclic amines) is 1. The molecule has 1 fully saturated rings. The lowest BCUT2D eigenvalue weighted by Crippen LogP contribution is -2.47. The van der Waals surface area contributed by atoms with Crippen molar-refractivity contribution in [2.45, 2.75) is 39.2 Å². The van der Waals surface area contributed by atoms with E-state index in [0.717, 1.165) is 0 Å². The summed E-state index contributed by atoms with van der Waals surface area (Å²) >= 11 is 0. The van der Waals surface area contributed by atoms with Crippen LogP contribution in [0.5, 0.6) is 0 Å². The molecule has 2 aromatic rings. The second-order valence-corrected chi connectivity index (χ2v) is 7.94. The highest BCUT2D eigenvalue weighted by Crippen LogP contribution is 2.16. The van der Waals surface area contributed by atoms with Gasteiger partial charge in [-0.2, -0.15) is 0 Å². The molecule has 164 valence electrons. The Kier molecular flexibility index (Phi) is 7.28. The van der Waals surface area contributed by atoms with E-state index in [-0.39, 0.29) is 29.0 Å². The molecule has 0 atom stereocenters. The molecule has 1 aromatic heterocycles. The van der Waals surface area contributed by atoms with Crippen LogP contribution in [0.25, 0.3) is 0 Å². The number of hydrogen-bond donors (Lipinski definition) is 2. The number of rotatable bonds is 6. The lowest BCUT2D eigenvalue weighted by molar-refractivity contribution is -0.133. The fraction of sp³-hybridized carbons (Fsp3) is 0.409. The van der Waals surface area contributed by atoms with Crippen molar-refractivity contribution in [2.75, 3.05) is 18.4 Å². The van der Waals surface area contributed by atoms with Crippen molar-refractivity contribution in [3.8, 4) is 0 Å². The van der Waals surface area contributed by atoms with E-state index in [1.54, 1.807) is 0 Å². The van der Waals surface area contributed by atoms with Crippen molar-refractivity contribution in [3.63, 3.8) is 0 Å². The van der Waals surface area contributed by atoms with Crippen LogP contribution in [0.2, 0.25) is 0 Å². The molecule has 1 aromatic carbocycles. The van der Waals surface area contributed by atoms with Crippen LogP contribution in [0.1, 0.15) is 54.0 Å². The molecule has 1 saturated heterocycles. The number of amides is 3. The maximum absolute atomic E-state index is 13.1. The van der Waals surface area contributed by atoms with E-state index in [1.807, 2.05) is 18.7 Å². The Hall–Kier alpha value is -3.36. The van der Waals surface area contributed by atoms with E-state index in [0.29, 0.717) is 38.3 Å². The fourth-order valence-electron chi connectivity index (χ4n) is 3.38. The molecular formula is C22H26FN5O3. The molecule has 9 heteroatoms. The van der Waals surface area contributed by atoms with Gasteiger partial charge in [0, 0.05) is 43.5 Å². The van der Waals surface area contributed by atoms with E-state index in [4.69, 9.17) is 0 Å². The number of carbonyl (C=O) groups is 3. The monoisotopic (exact) mass is 427 g/mol. The van der Waals surface area contributed by atoms with Crippen LogP contribution in [-0.2, 0) is 4.79 Å². The topological polar surface area (TPSA) is 104 Å². The number of benzene rings is 1. The number of carbonyl (C=O) groups excluding carboxylic acids is 3. The Morgan fingerprint density at radius 3 is 2.35 bits per heavy atom. The fourth-order valence-corrected chi connectivity index (χ4v) is 3.38. The molecule has 0 spiro atoms. The molecule has 8 nitrogen and oxygen atoms in total. The third-order valence-corrected chi connectivity index (χ3v) is 5.02. The zero-order valence-corrected chi connectivity index (χ0v) is 17.6. The molecule has 0 saturated carbocycles. The molecule has 0 bridgehead atoms. The summed E-state index contributed by atoms with van der Waals surface area (Å²) in [6, 6.07) is 4.94. The van der Waals surface area contributed by atoms with Gasteiger partial charge >= 0.3 is 0 Å². The van der Waals surface area contributed by atoms with E-state index in [1.165, 1.54) is 36.7 Å². The van der Waals surface area contributed by atoms with Gasteiger partial charge in [0.1, 0.15) is 5.82 Å². The maximum atomic E-state index is 13.1. The summed E-state index contributed by atoms with van der Waals surface area (Å²) in [5, 5.41) is 5.47. The van der Waals surface area contributed by atoms with Crippen LogP contribution in [0.4, 0.5) is 10.2 Å². The van der Waals surface area contributed by atoms with Crippen LogP contribution in [-0.4, -0.2) is 51.7 Å². The second-order valence-electron chi connectivity index (χ2n) is 7.94. The first kappa shape index (κ1) is 22.3. The van der Waals surface area contributed by atoms with Crippen molar-refractivity contribution in [2.24, 2.45) is 5.92 Å². The first-order chi connectivity index (χ1) is 14.8. The molecule has 3 amide bonds. The molecule has 2 N–H and O–H groups in total. The molecule has 31 heavy (non-hydrogen) atoms. The van der Waals surface area contributed by atoms with Gasteiger partial charge < -0.3 is 15.5 Å². The first-order valence-corrected chi connectivity index (χ1v) is 10.3. The highest BCUT2D eigenvalue weighted by atomic mass is 19.1. The van der Waals surface area contributed by atoms with E-state index in [9.17, 15) is 18.8 Å². The van der Waals surface area contributed by atoms with Crippen LogP contribution in [0.3, 0.4) is 0 Å². The maximum Gasteiger partial charge on any atom is 0.273 e. The minimum Gasteiger partial charge on any atom is -0.348 e. The van der Waals surface area contributed by atoms with Crippen molar-refractivity contribution in [1.29, 1.82) is 0 Å². The largest absolute Gasteiger partial charge is 0.348 e. The minimum absolute atomic E-state index is 0.00345. The highest BCUT2D eigenvalue weighted by molar-refractivity contribution is 6.07. The lowest BCUT2D eigenvalue weighted by Gasteiger charge is -2.32. The van der Waals surface area contributed by atoms with Gasteiger partial charge in [0.05, 0.1) is 0 Å². The van der Waals surface area contributed by atoms with Gasteiger partial charge in [-0.25, -0.2) is 14.4 Å². The molecule has 0 aliphatic carbocycles. The summed E-state index contributed by atoms with van der Waals surface area (Å²) < 4.78 is 13.1. The Bertz CT molecular complexity index is 940. The van der Waals surface area contributed by atoms with Gasteiger partial charge in [-0.1, -0.05) is 13.8 Å². The van der Waals surface area contributed by atoms with E-state index < -0.39 is 17.6 Å². The third kappa shape index (κ3) is 6.07. The van der Waals surface area contributed by atoms with Crippen molar-refractivity contribution in [1.82, 2.24) is 20.2 Å². The molecule has 0 radical (unpaired) electrons. The van der Waals surface area contributed by atoms with E-state index in [2.05, 4.69) is 20.6 Å². The first-order valence-electron chi connectivity index (χ1n) is 10.3. The van der Waals surface area contributed by atoms with Crippen molar-refractivity contribution < 1.29 is 18.8 Å². The highest BCUT2D eigenvalue weighted by Gasteiger charge is 2.26. The molecular weight excluding hydrogens is 401 g/mol. The Balaban J connectivity index is 1.60. The third-order valence-electron chi connectivity index (χ3n) is 5.02. The summed E-state index contributed by atoms with van der Waals surface area (Å²) in [5.74, 6) is -0.947. The average Bonchev–Trinajstić information content (AvgIpc) is 2.74. The molecule has 0 unspecified atom stereocenters. The normalized spacial score (nSPS) is 14.4. The average molecular weight is 427 g/mol. The predicted octanol–water partition coefficient (Wildman–Crippen LogP) is 2.63. The van der Waals surface area contributed by atoms with Crippen molar-refractivity contribution in [3.05, 3.63) is 53.7 Å². The number of halogens is 1. The Morgan fingerprint density at radius 2 is 1.71 bits per heavy atom. The predicted molar refractivity (Wildman–Crippen MR) is 113 cm³/mol. The quantitative estimate of drug-likeness (QED) is 0.738. The summed E-state index contributed by atoms with van der Waals surface area (Å²) in [6.45, 7) is 5.20.